The summed E-state index contributed by atoms with van der Waals surface area (Å²) in [6.45, 7) is 2.29. The highest BCUT2D eigenvalue weighted by Crippen LogP contribution is 2.26. The van der Waals surface area contributed by atoms with Gasteiger partial charge in [-0.1, -0.05) is 55.5 Å². The van der Waals surface area contributed by atoms with Crippen LogP contribution in [0.25, 0.3) is 0 Å². The molecule has 5 nitrogen and oxygen atoms in total. The maximum atomic E-state index is 13.0. The zero-order valence-electron chi connectivity index (χ0n) is 19.8. The third-order valence-corrected chi connectivity index (χ3v) is 7.62. The fraction of sp³-hybridized carbons (Fsp3) is 0.321. The lowest BCUT2D eigenvalue weighted by atomic mass is 9.88. The number of sulfonamides is 1. The monoisotopic (exact) mass is 476 g/mol. The molecule has 4 rings (SSSR count). The van der Waals surface area contributed by atoms with Crippen LogP contribution in [0.15, 0.2) is 72.8 Å². The zero-order chi connectivity index (χ0) is 24.1. The average Bonchev–Trinajstić information content (AvgIpc) is 2.85. The zero-order valence-corrected chi connectivity index (χ0v) is 20.6. The second-order valence-electron chi connectivity index (χ2n) is 8.97. The molecule has 0 radical (unpaired) electrons. The molecule has 1 aliphatic rings. The third-order valence-electron chi connectivity index (χ3n) is 6.48. The van der Waals surface area contributed by atoms with Crippen molar-refractivity contribution < 1.29 is 13.2 Å². The maximum absolute atomic E-state index is 13.0. The number of nitrogens with one attached hydrogen (secondary N) is 1. The van der Waals surface area contributed by atoms with Gasteiger partial charge in [-0.25, -0.2) is 8.42 Å². The molecule has 0 spiro atoms. The smallest absolute Gasteiger partial charge is 0.251 e. The van der Waals surface area contributed by atoms with Gasteiger partial charge in [-0.15, -0.1) is 0 Å². The van der Waals surface area contributed by atoms with Crippen molar-refractivity contribution in [3.63, 3.8) is 0 Å². The lowest BCUT2D eigenvalue weighted by Crippen LogP contribution is -2.29. The molecule has 34 heavy (non-hydrogen) atoms. The van der Waals surface area contributed by atoms with Gasteiger partial charge in [0.05, 0.1) is 24.5 Å². The van der Waals surface area contributed by atoms with E-state index in [0.717, 1.165) is 30.4 Å². The normalized spacial score (nSPS) is 14.2. The van der Waals surface area contributed by atoms with Crippen LogP contribution in [0.3, 0.4) is 0 Å². The van der Waals surface area contributed by atoms with Crippen molar-refractivity contribution in [2.45, 2.75) is 51.6 Å². The first-order chi connectivity index (χ1) is 16.3. The summed E-state index contributed by atoms with van der Waals surface area (Å²) in [6.07, 6.45) is 6.75. The minimum absolute atomic E-state index is 0.0433. The molecule has 1 unspecified atom stereocenters. The van der Waals surface area contributed by atoms with Crippen molar-refractivity contribution in [3.05, 3.63) is 101 Å². The molecule has 1 N–H and O–H groups in total. The molecule has 0 bridgehead atoms. The molecule has 6 heteroatoms. The highest BCUT2D eigenvalue weighted by atomic mass is 32.2. The Balaban J connectivity index is 1.46. The highest BCUT2D eigenvalue weighted by Gasteiger charge is 2.19. The number of fused-ring (bicyclic) bond motifs is 1. The Hall–Kier alpha value is -3.12. The van der Waals surface area contributed by atoms with Crippen LogP contribution >= 0.6 is 0 Å². The minimum atomic E-state index is -3.45. The number of carbonyl (C=O) groups is 1. The van der Waals surface area contributed by atoms with E-state index >= 15 is 0 Å². The van der Waals surface area contributed by atoms with Crippen LogP contribution in [0.5, 0.6) is 0 Å². The van der Waals surface area contributed by atoms with Gasteiger partial charge in [0.1, 0.15) is 0 Å². The summed E-state index contributed by atoms with van der Waals surface area (Å²) in [6, 6.07) is 22.7. The second kappa shape index (κ2) is 10.4. The molecule has 0 saturated heterocycles. The molecule has 0 aliphatic heterocycles. The molecule has 0 fully saturated rings. The molecule has 0 saturated carbocycles. The van der Waals surface area contributed by atoms with E-state index in [4.69, 9.17) is 0 Å². The summed E-state index contributed by atoms with van der Waals surface area (Å²) in [5, 5.41) is 3.17. The van der Waals surface area contributed by atoms with Crippen molar-refractivity contribution in [3.8, 4) is 0 Å². The van der Waals surface area contributed by atoms with Crippen molar-refractivity contribution in [1.82, 2.24) is 5.32 Å². The number of aryl methyl sites for hydroxylation is 2. The first-order valence-corrected chi connectivity index (χ1v) is 13.7. The van der Waals surface area contributed by atoms with E-state index < -0.39 is 10.0 Å². The van der Waals surface area contributed by atoms with Crippen molar-refractivity contribution in [2.24, 2.45) is 0 Å². The second-order valence-corrected chi connectivity index (χ2v) is 10.9. The Labute approximate surface area is 202 Å². The quantitative estimate of drug-likeness (QED) is 0.473. The predicted octanol–water partition coefficient (Wildman–Crippen LogP) is 5.41. The summed E-state index contributed by atoms with van der Waals surface area (Å²) < 4.78 is 26.1. The average molecular weight is 477 g/mol. The van der Waals surface area contributed by atoms with Gasteiger partial charge in [0.2, 0.25) is 10.0 Å². The standard InChI is InChI=1S/C28H32N2O3S/c1-3-27(25-18-17-22-9-7-8-10-24(22)19-25)29-28(31)23-15-13-21(14-16-23)20-30(34(2,32)33)26-11-5-4-6-12-26/h4-6,11-19,27H,3,7-10,20H2,1-2H3,(H,29,31). The Bertz CT molecular complexity index is 1240. The van der Waals surface area contributed by atoms with E-state index in [1.807, 2.05) is 30.3 Å². The first-order valence-electron chi connectivity index (χ1n) is 11.9. The topological polar surface area (TPSA) is 66.5 Å². The van der Waals surface area contributed by atoms with Crippen LogP contribution in [-0.2, 0) is 29.4 Å². The summed E-state index contributed by atoms with van der Waals surface area (Å²) in [7, 11) is -3.45. The van der Waals surface area contributed by atoms with Crippen molar-refractivity contribution >= 4 is 21.6 Å². The number of hydrogen-bond acceptors (Lipinski definition) is 3. The number of rotatable bonds is 8. The molecule has 3 aromatic rings. The van der Waals surface area contributed by atoms with E-state index in [-0.39, 0.29) is 18.5 Å². The van der Waals surface area contributed by atoms with Gasteiger partial charge >= 0.3 is 0 Å². The van der Waals surface area contributed by atoms with Crippen LogP contribution in [0.4, 0.5) is 5.69 Å². The number of amides is 1. The van der Waals surface area contributed by atoms with Gasteiger partial charge in [0.25, 0.3) is 5.91 Å². The molecular weight excluding hydrogens is 444 g/mol. The summed E-state index contributed by atoms with van der Waals surface area (Å²) in [5.74, 6) is -0.126. The SMILES string of the molecule is CCC(NC(=O)c1ccc(CN(c2ccccc2)S(C)(=O)=O)cc1)c1ccc2c(c1)CCCC2. The van der Waals surface area contributed by atoms with Gasteiger partial charge < -0.3 is 5.32 Å². The number of para-hydroxylation sites is 1. The molecular formula is C28H32N2O3S. The van der Waals surface area contributed by atoms with Crippen molar-refractivity contribution in [1.29, 1.82) is 0 Å². The molecule has 1 atom stereocenters. The number of anilines is 1. The van der Waals surface area contributed by atoms with E-state index in [2.05, 4.69) is 30.4 Å². The third kappa shape index (κ3) is 5.68. The molecule has 3 aromatic carbocycles. The van der Waals surface area contributed by atoms with E-state index in [9.17, 15) is 13.2 Å². The fourth-order valence-corrected chi connectivity index (χ4v) is 5.44. The fourth-order valence-electron chi connectivity index (χ4n) is 4.55. The van der Waals surface area contributed by atoms with Crippen LogP contribution < -0.4 is 9.62 Å². The highest BCUT2D eigenvalue weighted by molar-refractivity contribution is 7.92. The summed E-state index contributed by atoms with van der Waals surface area (Å²) >= 11 is 0. The Morgan fingerprint density at radius 3 is 2.26 bits per heavy atom. The number of hydrogen-bond donors (Lipinski definition) is 1. The van der Waals surface area contributed by atoms with Gasteiger partial charge in [-0.2, -0.15) is 0 Å². The predicted molar refractivity (Wildman–Crippen MR) is 137 cm³/mol. The molecule has 1 aliphatic carbocycles. The largest absolute Gasteiger partial charge is 0.345 e. The summed E-state index contributed by atoms with van der Waals surface area (Å²) in [4.78, 5) is 13.0. The van der Waals surface area contributed by atoms with Crippen molar-refractivity contribution in [2.75, 3.05) is 10.6 Å². The Kier molecular flexibility index (Phi) is 7.37. The van der Waals surface area contributed by atoms with Gasteiger partial charge in [0.15, 0.2) is 0 Å². The minimum Gasteiger partial charge on any atom is -0.345 e. The number of carbonyl (C=O) groups excluding carboxylic acids is 1. The van der Waals surface area contributed by atoms with Gasteiger partial charge in [-0.05, 0) is 78.6 Å². The van der Waals surface area contributed by atoms with Crippen LogP contribution in [-0.4, -0.2) is 20.6 Å². The van der Waals surface area contributed by atoms with E-state index in [1.165, 1.54) is 34.5 Å². The lowest BCUT2D eigenvalue weighted by Gasteiger charge is -2.23. The van der Waals surface area contributed by atoms with Gasteiger partial charge in [-0.3, -0.25) is 9.10 Å². The van der Waals surface area contributed by atoms with Gasteiger partial charge in [0, 0.05) is 5.56 Å². The Morgan fingerprint density at radius 2 is 1.62 bits per heavy atom. The summed E-state index contributed by atoms with van der Waals surface area (Å²) in [5.41, 5.74) is 5.99. The van der Waals surface area contributed by atoms with Crippen LogP contribution in [0, 0.1) is 0 Å². The molecule has 178 valence electrons. The lowest BCUT2D eigenvalue weighted by molar-refractivity contribution is 0.0935. The maximum Gasteiger partial charge on any atom is 0.251 e. The molecule has 1 amide bonds. The first kappa shape index (κ1) is 24.0. The van der Waals surface area contributed by atoms with E-state index in [0.29, 0.717) is 11.3 Å². The number of nitrogens with zero attached hydrogens (tertiary/aromatic N) is 1. The number of benzene rings is 3. The molecule has 0 heterocycles. The molecule has 0 aromatic heterocycles. The Morgan fingerprint density at radius 1 is 0.941 bits per heavy atom. The van der Waals surface area contributed by atoms with Crippen LogP contribution in [0.2, 0.25) is 0 Å². The van der Waals surface area contributed by atoms with Crippen LogP contribution in [0.1, 0.15) is 64.8 Å². The van der Waals surface area contributed by atoms with E-state index in [1.54, 1.807) is 24.3 Å².